The Kier molecular flexibility index (Phi) is 10.2. The molecule has 49 heavy (non-hydrogen) atoms. The molecule has 0 radical (unpaired) electrons. The molecule has 1 fully saturated rings. The lowest BCUT2D eigenvalue weighted by atomic mass is 9.74. The molecule has 260 valence electrons. The molecule has 0 spiro atoms. The van der Waals surface area contributed by atoms with E-state index in [0.29, 0.717) is 22.3 Å². The number of halogens is 5. The number of hydrogen-bond acceptors (Lipinski definition) is 7. The van der Waals surface area contributed by atoms with Crippen molar-refractivity contribution in [1.29, 1.82) is 0 Å². The molecule has 0 aliphatic carbocycles. The third-order valence-corrected chi connectivity index (χ3v) is 8.40. The summed E-state index contributed by atoms with van der Waals surface area (Å²) in [5.74, 6) is -3.92. The third-order valence-electron chi connectivity index (χ3n) is 8.40. The van der Waals surface area contributed by atoms with Crippen molar-refractivity contribution in [3.05, 3.63) is 101 Å². The number of hydrogen-bond donors (Lipinski definition) is 2. The lowest BCUT2D eigenvalue weighted by molar-refractivity contribution is -0.164. The number of fused-ring (bicyclic) bond motifs is 1. The van der Waals surface area contributed by atoms with Crippen molar-refractivity contribution in [2.75, 3.05) is 26.2 Å². The Labute approximate surface area is 279 Å². The second-order valence-electron chi connectivity index (χ2n) is 12.7. The smallest absolute Gasteiger partial charge is 0.374 e. The molecule has 5 rings (SSSR count). The first-order valence-corrected chi connectivity index (χ1v) is 15.4. The highest BCUT2D eigenvalue weighted by Gasteiger charge is 2.56. The molecule has 3 amide bonds. The third kappa shape index (κ3) is 8.28. The van der Waals surface area contributed by atoms with E-state index in [2.05, 4.69) is 15.4 Å². The monoisotopic (exact) mass is 686 g/mol. The standard InChI is InChI=1S/C34H35F5N6O4/c1-32(2,40)23-7-5-6-21(14-23)29(46)42-27(18-49-17-22-9-10-24(35)15-26(22)36)30(47)44-13-11-28-33(19-44,16-25-8-3-4-12-41-25)31(48)45(43-28)20-34(37,38)39/h3-10,12,14-15,27H,11,13,16-20,40H2,1-2H3,(H,42,46). The fourth-order valence-electron chi connectivity index (χ4n) is 5.89. The van der Waals surface area contributed by atoms with E-state index >= 15 is 0 Å². The van der Waals surface area contributed by atoms with Crippen molar-refractivity contribution in [3.63, 3.8) is 0 Å². The number of likely N-dealkylation sites (tertiary alicyclic amines) is 1. The summed E-state index contributed by atoms with van der Waals surface area (Å²) in [6.45, 7) is 0.727. The van der Waals surface area contributed by atoms with Gasteiger partial charge < -0.3 is 20.7 Å². The predicted molar refractivity (Wildman–Crippen MR) is 168 cm³/mol. The average molecular weight is 687 g/mol. The largest absolute Gasteiger partial charge is 0.408 e. The normalized spacial score (nSPS) is 18.6. The van der Waals surface area contributed by atoms with Crippen LogP contribution in [0.5, 0.6) is 0 Å². The first kappa shape index (κ1) is 35.5. The van der Waals surface area contributed by atoms with Crippen LogP contribution in [-0.2, 0) is 32.9 Å². The zero-order valence-corrected chi connectivity index (χ0v) is 26.8. The van der Waals surface area contributed by atoms with Gasteiger partial charge in [-0.05, 0) is 49.7 Å². The number of carbonyl (C=O) groups is 3. The molecule has 2 unspecified atom stereocenters. The van der Waals surface area contributed by atoms with Crippen LogP contribution in [0.15, 0.2) is 72.0 Å². The highest BCUT2D eigenvalue weighted by Crippen LogP contribution is 2.39. The first-order chi connectivity index (χ1) is 23.1. The number of ether oxygens (including phenoxy) is 1. The van der Waals surface area contributed by atoms with Gasteiger partial charge in [0, 0.05) is 60.6 Å². The predicted octanol–water partition coefficient (Wildman–Crippen LogP) is 4.09. The fourth-order valence-corrected chi connectivity index (χ4v) is 5.89. The van der Waals surface area contributed by atoms with Crippen molar-refractivity contribution in [2.24, 2.45) is 16.3 Å². The van der Waals surface area contributed by atoms with Gasteiger partial charge in [-0.25, -0.2) is 13.8 Å². The Balaban J connectivity index is 1.42. The summed E-state index contributed by atoms with van der Waals surface area (Å²) in [7, 11) is 0. The summed E-state index contributed by atoms with van der Waals surface area (Å²) >= 11 is 0. The molecule has 1 aromatic heterocycles. The van der Waals surface area contributed by atoms with Gasteiger partial charge in [-0.2, -0.15) is 18.3 Å². The van der Waals surface area contributed by atoms with Crippen LogP contribution in [0.4, 0.5) is 22.0 Å². The molecule has 10 nitrogen and oxygen atoms in total. The Morgan fingerprint density at radius 2 is 1.86 bits per heavy atom. The van der Waals surface area contributed by atoms with Gasteiger partial charge in [0.15, 0.2) is 0 Å². The minimum atomic E-state index is -4.72. The van der Waals surface area contributed by atoms with Gasteiger partial charge in [-0.1, -0.05) is 24.3 Å². The molecule has 2 aliphatic rings. The molecule has 3 N–H and O–H groups in total. The fraction of sp³-hybridized carbons (Fsp3) is 0.382. The number of nitrogens with zero attached hydrogens (tertiary/aromatic N) is 4. The van der Waals surface area contributed by atoms with Gasteiger partial charge in [0.1, 0.15) is 29.6 Å². The lowest BCUT2D eigenvalue weighted by Crippen LogP contribution is -2.60. The number of piperidine rings is 1. The molecule has 2 aliphatic heterocycles. The number of nitrogens with one attached hydrogen (secondary N) is 1. The van der Waals surface area contributed by atoms with Crippen molar-refractivity contribution in [3.8, 4) is 0 Å². The van der Waals surface area contributed by atoms with Gasteiger partial charge in [-0.15, -0.1) is 0 Å². The van der Waals surface area contributed by atoms with Gasteiger partial charge in [0.05, 0.1) is 18.9 Å². The molecule has 3 aromatic rings. The molecule has 0 bridgehead atoms. The quantitative estimate of drug-likeness (QED) is 0.293. The van der Waals surface area contributed by atoms with Crippen LogP contribution in [0.25, 0.3) is 0 Å². The Bertz CT molecular complexity index is 1750. The number of aromatic nitrogens is 1. The van der Waals surface area contributed by atoms with E-state index in [-0.39, 0.29) is 49.4 Å². The number of benzene rings is 2. The summed E-state index contributed by atoms with van der Waals surface area (Å²) in [5.41, 5.74) is 5.23. The lowest BCUT2D eigenvalue weighted by Gasteiger charge is -2.40. The Morgan fingerprint density at radius 3 is 2.53 bits per heavy atom. The Morgan fingerprint density at radius 1 is 1.08 bits per heavy atom. The van der Waals surface area contributed by atoms with E-state index in [1.165, 1.54) is 23.2 Å². The number of rotatable bonds is 11. The van der Waals surface area contributed by atoms with Gasteiger partial charge >= 0.3 is 6.18 Å². The second-order valence-corrected chi connectivity index (χ2v) is 12.7. The highest BCUT2D eigenvalue weighted by molar-refractivity contribution is 6.14. The minimum absolute atomic E-state index is 0.00579. The summed E-state index contributed by atoms with van der Waals surface area (Å²) < 4.78 is 73.6. The van der Waals surface area contributed by atoms with Gasteiger partial charge in [-0.3, -0.25) is 19.4 Å². The molecule has 0 saturated carbocycles. The average Bonchev–Trinajstić information content (AvgIpc) is 3.29. The molecule has 15 heteroatoms. The minimum Gasteiger partial charge on any atom is -0.374 e. The van der Waals surface area contributed by atoms with Crippen LogP contribution in [0.2, 0.25) is 0 Å². The van der Waals surface area contributed by atoms with Gasteiger partial charge in [0.2, 0.25) is 5.91 Å². The van der Waals surface area contributed by atoms with Crippen LogP contribution in [0.3, 0.4) is 0 Å². The topological polar surface area (TPSA) is 130 Å². The molecule has 2 aromatic carbocycles. The van der Waals surface area contributed by atoms with Crippen molar-refractivity contribution >= 4 is 23.4 Å². The van der Waals surface area contributed by atoms with Crippen LogP contribution >= 0.6 is 0 Å². The zero-order valence-electron chi connectivity index (χ0n) is 26.8. The van der Waals surface area contributed by atoms with Crippen LogP contribution in [0.1, 0.15) is 47.4 Å². The number of hydrazone groups is 1. The summed E-state index contributed by atoms with van der Waals surface area (Å²) in [6.07, 6.45) is -3.38. The molecule has 1 saturated heterocycles. The van der Waals surface area contributed by atoms with Crippen LogP contribution in [0, 0.1) is 17.0 Å². The number of carbonyl (C=O) groups excluding carboxylic acids is 3. The number of amides is 3. The van der Waals surface area contributed by atoms with E-state index < -0.39 is 65.7 Å². The second kappa shape index (κ2) is 14.0. The van der Waals surface area contributed by atoms with Crippen molar-refractivity contribution in [2.45, 2.75) is 51.1 Å². The molecular formula is C34H35F5N6O4. The van der Waals surface area contributed by atoms with E-state index in [0.717, 1.165) is 6.07 Å². The molecule has 2 atom stereocenters. The van der Waals surface area contributed by atoms with Crippen molar-refractivity contribution < 1.29 is 41.1 Å². The van der Waals surface area contributed by atoms with E-state index in [4.69, 9.17) is 10.5 Å². The van der Waals surface area contributed by atoms with Crippen molar-refractivity contribution in [1.82, 2.24) is 20.2 Å². The maximum Gasteiger partial charge on any atom is 0.408 e. The number of alkyl halides is 3. The summed E-state index contributed by atoms with van der Waals surface area (Å²) in [5, 5.41) is 7.09. The Hall–Kier alpha value is -4.76. The molecule has 3 heterocycles. The van der Waals surface area contributed by atoms with E-state index in [9.17, 15) is 36.3 Å². The first-order valence-electron chi connectivity index (χ1n) is 15.4. The number of nitrogens with two attached hydrogens (primary N) is 1. The highest BCUT2D eigenvalue weighted by atomic mass is 19.4. The maximum atomic E-state index is 14.3. The van der Waals surface area contributed by atoms with E-state index in [1.54, 1.807) is 50.2 Å². The SMILES string of the molecule is CC(C)(N)c1cccc(C(=O)NC(COCc2ccc(F)cc2F)C(=O)N2CCC3=NN(CC(F)(F)F)C(=O)C3(Cc3ccccn3)C2)c1. The maximum absolute atomic E-state index is 14.3. The summed E-state index contributed by atoms with van der Waals surface area (Å²) in [6, 6.07) is 13.0. The van der Waals surface area contributed by atoms with Crippen LogP contribution in [-0.4, -0.2) is 76.8 Å². The zero-order chi connectivity index (χ0) is 35.6. The molecular weight excluding hydrogens is 651 g/mol. The number of pyridine rings is 1. The van der Waals surface area contributed by atoms with E-state index in [1.807, 2.05) is 0 Å². The van der Waals surface area contributed by atoms with Crippen LogP contribution < -0.4 is 11.1 Å². The van der Waals surface area contributed by atoms with Gasteiger partial charge in [0.25, 0.3) is 11.8 Å². The summed E-state index contributed by atoms with van der Waals surface area (Å²) in [4.78, 5) is 46.9.